The summed E-state index contributed by atoms with van der Waals surface area (Å²) in [5.74, 6) is 5.52. The Morgan fingerprint density at radius 3 is 2.26 bits per heavy atom. The summed E-state index contributed by atoms with van der Waals surface area (Å²) >= 11 is 0. The normalized spacial score (nSPS) is 11.3. The van der Waals surface area contributed by atoms with E-state index in [1.54, 1.807) is 0 Å². The van der Waals surface area contributed by atoms with Gasteiger partial charge in [0.2, 0.25) is 0 Å². The molecule has 0 saturated heterocycles. The second-order valence-corrected chi connectivity index (χ2v) is 5.68. The lowest BCUT2D eigenvalue weighted by molar-refractivity contribution is -0.149. The molecule has 0 fully saturated rings. The van der Waals surface area contributed by atoms with E-state index in [1.807, 2.05) is 6.92 Å². The molecule has 23 heavy (non-hydrogen) atoms. The number of hydrogen-bond acceptors (Lipinski definition) is 4. The van der Waals surface area contributed by atoms with Crippen molar-refractivity contribution < 1.29 is 19.1 Å². The first kappa shape index (κ1) is 21.5. The maximum absolute atomic E-state index is 11.6. The Hall–Kier alpha value is -1.50. The minimum atomic E-state index is -0.506. The Kier molecular flexibility index (Phi) is 14.4. The maximum atomic E-state index is 11.6. The molecule has 0 heterocycles. The van der Waals surface area contributed by atoms with E-state index in [4.69, 9.17) is 4.74 Å². The average molecular weight is 324 g/mol. The number of esters is 2. The SMILES string of the molecule is CCCCCCCCC#C[C@@H](CCC(=O)OC)OC(=O)CCC. The molecular weight excluding hydrogens is 292 g/mol. The standard InChI is InChI=1S/C19H32O4/c1-4-6-7-8-9-10-11-12-14-17(15-16-18(20)22-3)23-19(21)13-5-2/h17H,4-11,13,15-16H2,1-3H3/t17-/m0/s1. The van der Waals surface area contributed by atoms with Crippen molar-refractivity contribution >= 4 is 11.9 Å². The third kappa shape index (κ3) is 13.9. The lowest BCUT2D eigenvalue weighted by Gasteiger charge is -2.11. The minimum Gasteiger partial charge on any atom is -0.469 e. The van der Waals surface area contributed by atoms with Crippen molar-refractivity contribution in [3.63, 3.8) is 0 Å². The number of rotatable bonds is 12. The molecule has 0 saturated carbocycles. The van der Waals surface area contributed by atoms with E-state index in [0.29, 0.717) is 12.8 Å². The first-order valence-corrected chi connectivity index (χ1v) is 8.88. The van der Waals surface area contributed by atoms with E-state index in [-0.39, 0.29) is 18.4 Å². The predicted molar refractivity (Wildman–Crippen MR) is 91.8 cm³/mol. The quantitative estimate of drug-likeness (QED) is 0.303. The monoisotopic (exact) mass is 324 g/mol. The first-order chi connectivity index (χ1) is 11.1. The van der Waals surface area contributed by atoms with Gasteiger partial charge in [-0.05, 0) is 12.8 Å². The number of hydrogen-bond donors (Lipinski definition) is 0. The summed E-state index contributed by atoms with van der Waals surface area (Å²) in [5.41, 5.74) is 0. The predicted octanol–water partition coefficient (Wildman–Crippen LogP) is 4.41. The molecule has 0 spiro atoms. The van der Waals surface area contributed by atoms with Crippen LogP contribution in [-0.2, 0) is 19.1 Å². The Bertz CT molecular complexity index is 379. The fraction of sp³-hybridized carbons (Fsp3) is 0.789. The molecule has 0 rings (SSSR count). The fourth-order valence-electron chi connectivity index (χ4n) is 2.11. The van der Waals surface area contributed by atoms with Gasteiger partial charge in [0.15, 0.2) is 6.10 Å². The molecule has 1 atom stereocenters. The molecule has 0 N–H and O–H groups in total. The third-order valence-electron chi connectivity index (χ3n) is 3.48. The largest absolute Gasteiger partial charge is 0.469 e. The highest BCUT2D eigenvalue weighted by Crippen LogP contribution is 2.08. The number of ether oxygens (including phenoxy) is 2. The molecule has 0 aromatic carbocycles. The Morgan fingerprint density at radius 2 is 1.61 bits per heavy atom. The molecule has 0 aliphatic carbocycles. The van der Waals surface area contributed by atoms with Gasteiger partial charge in [0.1, 0.15) is 0 Å². The highest BCUT2D eigenvalue weighted by Gasteiger charge is 2.13. The summed E-state index contributed by atoms with van der Waals surface area (Å²) in [7, 11) is 1.35. The van der Waals surface area contributed by atoms with E-state index in [9.17, 15) is 9.59 Å². The summed E-state index contributed by atoms with van der Waals surface area (Å²) in [6.07, 6.45) is 9.41. The molecule has 0 aliphatic heterocycles. The van der Waals surface area contributed by atoms with Crippen molar-refractivity contribution in [1.82, 2.24) is 0 Å². The van der Waals surface area contributed by atoms with Crippen LogP contribution in [0.4, 0.5) is 0 Å². The highest BCUT2D eigenvalue weighted by atomic mass is 16.5. The van der Waals surface area contributed by atoms with E-state index >= 15 is 0 Å². The van der Waals surface area contributed by atoms with Crippen LogP contribution in [0.1, 0.15) is 84.5 Å². The fourth-order valence-corrected chi connectivity index (χ4v) is 2.11. The topological polar surface area (TPSA) is 52.6 Å². The van der Waals surface area contributed by atoms with Crippen molar-refractivity contribution in [3.8, 4) is 11.8 Å². The minimum absolute atomic E-state index is 0.215. The van der Waals surface area contributed by atoms with Crippen LogP contribution < -0.4 is 0 Å². The van der Waals surface area contributed by atoms with E-state index < -0.39 is 6.10 Å². The smallest absolute Gasteiger partial charge is 0.307 e. The average Bonchev–Trinajstić information content (AvgIpc) is 2.54. The lowest BCUT2D eigenvalue weighted by Crippen LogP contribution is -2.18. The van der Waals surface area contributed by atoms with Crippen molar-refractivity contribution in [2.24, 2.45) is 0 Å². The van der Waals surface area contributed by atoms with Gasteiger partial charge in [-0.2, -0.15) is 0 Å². The molecule has 132 valence electrons. The van der Waals surface area contributed by atoms with Crippen LogP contribution in [0.25, 0.3) is 0 Å². The molecular formula is C19H32O4. The van der Waals surface area contributed by atoms with Crippen LogP contribution in [0.5, 0.6) is 0 Å². The second kappa shape index (κ2) is 15.4. The zero-order valence-electron chi connectivity index (χ0n) is 15.0. The van der Waals surface area contributed by atoms with Crippen LogP contribution in [0, 0.1) is 11.8 Å². The molecule has 0 aromatic heterocycles. The number of methoxy groups -OCH3 is 1. The van der Waals surface area contributed by atoms with Gasteiger partial charge in [-0.15, -0.1) is 0 Å². The van der Waals surface area contributed by atoms with Gasteiger partial charge >= 0.3 is 11.9 Å². The molecule has 0 aromatic rings. The van der Waals surface area contributed by atoms with Gasteiger partial charge in [0.05, 0.1) is 7.11 Å². The van der Waals surface area contributed by atoms with Crippen LogP contribution in [-0.4, -0.2) is 25.2 Å². The summed E-state index contributed by atoms with van der Waals surface area (Å²) in [6, 6.07) is 0. The van der Waals surface area contributed by atoms with E-state index in [2.05, 4.69) is 23.5 Å². The highest BCUT2D eigenvalue weighted by molar-refractivity contribution is 5.70. The molecule has 0 unspecified atom stereocenters. The molecule has 0 aliphatic rings. The Balaban J connectivity index is 4.15. The first-order valence-electron chi connectivity index (χ1n) is 8.88. The van der Waals surface area contributed by atoms with Crippen LogP contribution in [0.15, 0.2) is 0 Å². The Morgan fingerprint density at radius 1 is 0.913 bits per heavy atom. The van der Waals surface area contributed by atoms with Gasteiger partial charge in [-0.3, -0.25) is 9.59 Å². The van der Waals surface area contributed by atoms with Crippen LogP contribution in [0.3, 0.4) is 0 Å². The molecule has 0 bridgehead atoms. The molecule has 0 amide bonds. The van der Waals surface area contributed by atoms with Gasteiger partial charge in [-0.25, -0.2) is 0 Å². The zero-order chi connectivity index (χ0) is 17.3. The number of carbonyl (C=O) groups excluding carboxylic acids is 2. The van der Waals surface area contributed by atoms with Crippen molar-refractivity contribution in [3.05, 3.63) is 0 Å². The van der Waals surface area contributed by atoms with Crippen molar-refractivity contribution in [1.29, 1.82) is 0 Å². The number of carbonyl (C=O) groups is 2. The summed E-state index contributed by atoms with van der Waals surface area (Å²) < 4.78 is 9.94. The molecule has 0 radical (unpaired) electrons. The van der Waals surface area contributed by atoms with Gasteiger partial charge in [-0.1, -0.05) is 57.8 Å². The molecule has 4 heteroatoms. The van der Waals surface area contributed by atoms with E-state index in [1.165, 1.54) is 39.2 Å². The van der Waals surface area contributed by atoms with Gasteiger partial charge in [0.25, 0.3) is 0 Å². The Labute approximate surface area is 141 Å². The van der Waals surface area contributed by atoms with Crippen molar-refractivity contribution in [2.45, 2.75) is 90.6 Å². The van der Waals surface area contributed by atoms with Gasteiger partial charge in [0, 0.05) is 25.7 Å². The second-order valence-electron chi connectivity index (χ2n) is 5.68. The van der Waals surface area contributed by atoms with Crippen molar-refractivity contribution in [2.75, 3.05) is 7.11 Å². The lowest BCUT2D eigenvalue weighted by atomic mass is 10.1. The third-order valence-corrected chi connectivity index (χ3v) is 3.48. The summed E-state index contributed by atoms with van der Waals surface area (Å²) in [6.45, 7) is 4.13. The molecule has 4 nitrogen and oxygen atoms in total. The van der Waals surface area contributed by atoms with E-state index in [0.717, 1.165) is 19.3 Å². The van der Waals surface area contributed by atoms with Crippen LogP contribution >= 0.6 is 0 Å². The summed E-state index contributed by atoms with van der Waals surface area (Å²) in [4.78, 5) is 22.8. The summed E-state index contributed by atoms with van der Waals surface area (Å²) in [5, 5.41) is 0. The number of unbranched alkanes of at least 4 members (excludes halogenated alkanes) is 6. The maximum Gasteiger partial charge on any atom is 0.307 e. The van der Waals surface area contributed by atoms with Gasteiger partial charge < -0.3 is 9.47 Å². The van der Waals surface area contributed by atoms with Crippen LogP contribution in [0.2, 0.25) is 0 Å². The zero-order valence-corrected chi connectivity index (χ0v) is 15.0.